The van der Waals surface area contributed by atoms with Crippen molar-refractivity contribution in [2.24, 2.45) is 5.41 Å². The van der Waals surface area contributed by atoms with Gasteiger partial charge in [0.1, 0.15) is 0 Å². The lowest BCUT2D eigenvalue weighted by Gasteiger charge is -2.39. The number of aromatic nitrogens is 2. The van der Waals surface area contributed by atoms with Crippen LogP contribution in [0.25, 0.3) is 0 Å². The third-order valence-electron chi connectivity index (χ3n) is 3.59. The fourth-order valence-corrected chi connectivity index (χ4v) is 2.35. The van der Waals surface area contributed by atoms with Crippen molar-refractivity contribution < 1.29 is 0 Å². The summed E-state index contributed by atoms with van der Waals surface area (Å²) in [5.74, 6) is 0.730. The van der Waals surface area contributed by atoms with Gasteiger partial charge >= 0.3 is 0 Å². The Kier molecular flexibility index (Phi) is 3.62. The monoisotopic (exact) mass is 234 g/mol. The summed E-state index contributed by atoms with van der Waals surface area (Å²) < 4.78 is 0. The van der Waals surface area contributed by atoms with Gasteiger partial charge in [-0.3, -0.25) is 0 Å². The van der Waals surface area contributed by atoms with E-state index in [9.17, 15) is 0 Å². The van der Waals surface area contributed by atoms with E-state index in [1.807, 2.05) is 13.0 Å². The third kappa shape index (κ3) is 3.16. The predicted molar refractivity (Wildman–Crippen MR) is 70.1 cm³/mol. The Morgan fingerprint density at radius 2 is 2.35 bits per heavy atom. The van der Waals surface area contributed by atoms with E-state index in [0.29, 0.717) is 11.5 Å². The molecule has 0 spiro atoms. The fourth-order valence-electron chi connectivity index (χ4n) is 2.35. The minimum Gasteiger partial charge on any atom is -0.353 e. The maximum absolute atomic E-state index is 4.36. The standard InChI is InChI=1S/C13H22N4/c1-10-5-8-15-12(17-10)16-9-11-13(2,3)6-4-7-14-11/h5,8,11,14H,4,6-7,9H2,1-3H3,(H,15,16,17). The van der Waals surface area contributed by atoms with Gasteiger partial charge in [-0.25, -0.2) is 9.97 Å². The van der Waals surface area contributed by atoms with Gasteiger partial charge in [0.05, 0.1) is 0 Å². The summed E-state index contributed by atoms with van der Waals surface area (Å²) in [4.78, 5) is 8.58. The van der Waals surface area contributed by atoms with Crippen LogP contribution in [-0.4, -0.2) is 29.1 Å². The van der Waals surface area contributed by atoms with Crippen LogP contribution in [0.15, 0.2) is 12.3 Å². The van der Waals surface area contributed by atoms with Gasteiger partial charge < -0.3 is 10.6 Å². The van der Waals surface area contributed by atoms with Gasteiger partial charge in [0.2, 0.25) is 5.95 Å². The Morgan fingerprint density at radius 1 is 1.53 bits per heavy atom. The molecule has 1 saturated heterocycles. The molecule has 1 atom stereocenters. The summed E-state index contributed by atoms with van der Waals surface area (Å²) in [6, 6.07) is 2.40. The molecule has 1 aliphatic rings. The Hall–Kier alpha value is -1.16. The smallest absolute Gasteiger partial charge is 0.222 e. The van der Waals surface area contributed by atoms with Gasteiger partial charge in [0.15, 0.2) is 0 Å². The van der Waals surface area contributed by atoms with Crippen molar-refractivity contribution in [2.45, 2.75) is 39.7 Å². The van der Waals surface area contributed by atoms with Crippen molar-refractivity contribution in [2.75, 3.05) is 18.4 Å². The van der Waals surface area contributed by atoms with Crippen LogP contribution in [0.1, 0.15) is 32.4 Å². The zero-order valence-electron chi connectivity index (χ0n) is 11.0. The van der Waals surface area contributed by atoms with Crippen LogP contribution in [0, 0.1) is 12.3 Å². The molecule has 0 aromatic carbocycles. The number of aryl methyl sites for hydroxylation is 1. The van der Waals surface area contributed by atoms with E-state index in [-0.39, 0.29) is 0 Å². The van der Waals surface area contributed by atoms with Crippen LogP contribution in [0.2, 0.25) is 0 Å². The Morgan fingerprint density at radius 3 is 3.06 bits per heavy atom. The number of nitrogens with zero attached hydrogens (tertiary/aromatic N) is 2. The van der Waals surface area contributed by atoms with E-state index >= 15 is 0 Å². The number of nitrogens with one attached hydrogen (secondary N) is 2. The van der Waals surface area contributed by atoms with E-state index in [1.54, 1.807) is 6.20 Å². The predicted octanol–water partition coefficient (Wildman–Crippen LogP) is 1.98. The summed E-state index contributed by atoms with van der Waals surface area (Å²) in [5, 5.41) is 6.90. The number of piperidine rings is 1. The third-order valence-corrected chi connectivity index (χ3v) is 3.59. The van der Waals surface area contributed by atoms with Crippen molar-refractivity contribution in [3.8, 4) is 0 Å². The van der Waals surface area contributed by atoms with E-state index in [1.165, 1.54) is 12.8 Å². The normalized spacial score (nSPS) is 23.4. The van der Waals surface area contributed by atoms with Gasteiger partial charge in [-0.1, -0.05) is 13.8 Å². The SMILES string of the molecule is Cc1ccnc(NCC2NCCCC2(C)C)n1. The first-order chi connectivity index (χ1) is 8.08. The molecule has 4 heteroatoms. The first-order valence-electron chi connectivity index (χ1n) is 6.35. The summed E-state index contributed by atoms with van der Waals surface area (Å²) in [6.45, 7) is 8.63. The molecule has 0 aliphatic carbocycles. The van der Waals surface area contributed by atoms with Crippen LogP contribution in [-0.2, 0) is 0 Å². The van der Waals surface area contributed by atoms with Crippen LogP contribution in [0.3, 0.4) is 0 Å². The molecule has 1 fully saturated rings. The van der Waals surface area contributed by atoms with Gasteiger partial charge in [0, 0.05) is 24.5 Å². The first-order valence-corrected chi connectivity index (χ1v) is 6.35. The lowest BCUT2D eigenvalue weighted by molar-refractivity contribution is 0.188. The topological polar surface area (TPSA) is 49.8 Å². The maximum Gasteiger partial charge on any atom is 0.222 e. The summed E-state index contributed by atoms with van der Waals surface area (Å²) in [6.07, 6.45) is 4.34. The lowest BCUT2D eigenvalue weighted by Crippen LogP contribution is -2.50. The van der Waals surface area contributed by atoms with Crippen molar-refractivity contribution in [1.29, 1.82) is 0 Å². The Labute approximate surface area is 103 Å². The number of rotatable bonds is 3. The Balaban J connectivity index is 1.93. The largest absolute Gasteiger partial charge is 0.353 e. The minimum absolute atomic E-state index is 0.342. The highest BCUT2D eigenvalue weighted by molar-refractivity contribution is 5.25. The zero-order chi connectivity index (χ0) is 12.3. The molecule has 2 N–H and O–H groups in total. The number of hydrogen-bond acceptors (Lipinski definition) is 4. The van der Waals surface area contributed by atoms with Crippen molar-refractivity contribution in [3.63, 3.8) is 0 Å². The second kappa shape index (κ2) is 5.00. The van der Waals surface area contributed by atoms with Crippen LogP contribution < -0.4 is 10.6 Å². The zero-order valence-corrected chi connectivity index (χ0v) is 11.0. The van der Waals surface area contributed by atoms with Gasteiger partial charge in [-0.05, 0) is 37.8 Å². The molecule has 1 aromatic heterocycles. The molecule has 1 aromatic rings. The molecule has 0 amide bonds. The maximum atomic E-state index is 4.36. The van der Waals surface area contributed by atoms with Crippen LogP contribution in [0.5, 0.6) is 0 Å². The van der Waals surface area contributed by atoms with E-state index in [4.69, 9.17) is 0 Å². The highest BCUT2D eigenvalue weighted by atomic mass is 15.1. The molecule has 17 heavy (non-hydrogen) atoms. The van der Waals surface area contributed by atoms with E-state index < -0.39 is 0 Å². The van der Waals surface area contributed by atoms with Crippen LogP contribution >= 0.6 is 0 Å². The van der Waals surface area contributed by atoms with Crippen molar-refractivity contribution in [1.82, 2.24) is 15.3 Å². The molecule has 0 saturated carbocycles. The fraction of sp³-hybridized carbons (Fsp3) is 0.692. The summed E-state index contributed by atoms with van der Waals surface area (Å²) >= 11 is 0. The number of anilines is 1. The molecule has 94 valence electrons. The van der Waals surface area contributed by atoms with Crippen LogP contribution in [0.4, 0.5) is 5.95 Å². The number of hydrogen-bond donors (Lipinski definition) is 2. The second-order valence-electron chi connectivity index (χ2n) is 5.50. The highest BCUT2D eigenvalue weighted by Crippen LogP contribution is 2.29. The summed E-state index contributed by atoms with van der Waals surface area (Å²) in [7, 11) is 0. The average Bonchev–Trinajstić information content (AvgIpc) is 2.27. The van der Waals surface area contributed by atoms with Gasteiger partial charge in [-0.15, -0.1) is 0 Å². The molecule has 0 radical (unpaired) electrons. The lowest BCUT2D eigenvalue weighted by atomic mass is 9.77. The molecule has 0 bridgehead atoms. The Bertz CT molecular complexity index is 375. The van der Waals surface area contributed by atoms with E-state index in [2.05, 4.69) is 34.4 Å². The van der Waals surface area contributed by atoms with Gasteiger partial charge in [-0.2, -0.15) is 0 Å². The molecule has 1 unspecified atom stereocenters. The molecule has 2 heterocycles. The molecule has 4 nitrogen and oxygen atoms in total. The molecular formula is C13H22N4. The highest BCUT2D eigenvalue weighted by Gasteiger charge is 2.31. The van der Waals surface area contributed by atoms with Crippen molar-refractivity contribution in [3.05, 3.63) is 18.0 Å². The minimum atomic E-state index is 0.342. The van der Waals surface area contributed by atoms with Crippen molar-refractivity contribution >= 4 is 5.95 Å². The molecule has 1 aliphatic heterocycles. The first kappa shape index (κ1) is 12.3. The quantitative estimate of drug-likeness (QED) is 0.839. The second-order valence-corrected chi connectivity index (χ2v) is 5.50. The summed E-state index contributed by atoms with van der Waals surface area (Å²) in [5.41, 5.74) is 1.34. The molecule has 2 rings (SSSR count). The average molecular weight is 234 g/mol. The molecular weight excluding hydrogens is 212 g/mol. The van der Waals surface area contributed by atoms with E-state index in [0.717, 1.165) is 24.7 Å². The van der Waals surface area contributed by atoms with Gasteiger partial charge in [0.25, 0.3) is 0 Å².